The third kappa shape index (κ3) is 6.37. The molecule has 0 aliphatic rings. The Morgan fingerprint density at radius 3 is 2.28 bits per heavy atom. The summed E-state index contributed by atoms with van der Waals surface area (Å²) in [6, 6.07) is 12.7. The van der Waals surface area contributed by atoms with Gasteiger partial charge in [0.2, 0.25) is 21.8 Å². The first-order chi connectivity index (χ1) is 15.1. The summed E-state index contributed by atoms with van der Waals surface area (Å²) in [7, 11) is -0.911. The van der Waals surface area contributed by atoms with Crippen molar-refractivity contribution in [1.82, 2.24) is 10.2 Å². The number of benzene rings is 2. The van der Waals surface area contributed by atoms with Gasteiger partial charge in [0.05, 0.1) is 19.1 Å². The van der Waals surface area contributed by atoms with E-state index in [1.54, 1.807) is 55.5 Å². The number of halogens is 1. The molecule has 1 unspecified atom stereocenters. The molecule has 10 heteroatoms. The van der Waals surface area contributed by atoms with Gasteiger partial charge < -0.3 is 15.0 Å². The first-order valence-corrected chi connectivity index (χ1v) is 12.2. The molecule has 0 heterocycles. The summed E-state index contributed by atoms with van der Waals surface area (Å²) in [5, 5.41) is 3.12. The number of carbonyl (C=O) groups excluding carboxylic acids is 2. The van der Waals surface area contributed by atoms with Crippen LogP contribution in [-0.2, 0) is 26.2 Å². The van der Waals surface area contributed by atoms with E-state index < -0.39 is 28.5 Å². The fraction of sp³-hybridized carbons (Fsp3) is 0.364. The number of methoxy groups -OCH3 is 1. The molecule has 0 saturated heterocycles. The van der Waals surface area contributed by atoms with Crippen LogP contribution in [0.1, 0.15) is 18.9 Å². The van der Waals surface area contributed by atoms with E-state index in [2.05, 4.69) is 5.32 Å². The first-order valence-electron chi connectivity index (χ1n) is 9.98. The number of para-hydroxylation sites is 2. The Morgan fingerprint density at radius 1 is 1.12 bits per heavy atom. The van der Waals surface area contributed by atoms with Crippen LogP contribution in [0.4, 0.5) is 5.69 Å². The lowest BCUT2D eigenvalue weighted by Gasteiger charge is -2.32. The van der Waals surface area contributed by atoms with Gasteiger partial charge >= 0.3 is 0 Å². The Labute approximate surface area is 194 Å². The van der Waals surface area contributed by atoms with Crippen molar-refractivity contribution < 1.29 is 22.7 Å². The maximum Gasteiger partial charge on any atom is 0.244 e. The van der Waals surface area contributed by atoms with Gasteiger partial charge in [0, 0.05) is 18.6 Å². The quantitative estimate of drug-likeness (QED) is 0.562. The van der Waals surface area contributed by atoms with Crippen LogP contribution < -0.4 is 14.4 Å². The van der Waals surface area contributed by atoms with Crippen molar-refractivity contribution in [1.29, 1.82) is 0 Å². The summed E-state index contributed by atoms with van der Waals surface area (Å²) in [5.41, 5.74) is 0.999. The zero-order valence-corrected chi connectivity index (χ0v) is 20.1. The summed E-state index contributed by atoms with van der Waals surface area (Å²) in [5.74, 6) is -0.543. The van der Waals surface area contributed by atoms with Gasteiger partial charge in [-0.3, -0.25) is 13.9 Å². The van der Waals surface area contributed by atoms with Crippen molar-refractivity contribution in [3.05, 3.63) is 59.1 Å². The molecule has 0 aliphatic heterocycles. The molecule has 0 fully saturated rings. The lowest BCUT2D eigenvalue weighted by molar-refractivity contribution is -0.140. The lowest BCUT2D eigenvalue weighted by atomic mass is 10.1. The number of hydrogen-bond acceptors (Lipinski definition) is 5. The normalized spacial score (nSPS) is 12.0. The molecule has 2 aromatic rings. The highest BCUT2D eigenvalue weighted by molar-refractivity contribution is 7.92. The SMILES string of the molecule is CCC(C(=O)NC)N(Cc1ccc(Cl)cc1)C(=O)CN(c1ccccc1OC)S(C)(=O)=O. The van der Waals surface area contributed by atoms with E-state index in [-0.39, 0.29) is 18.1 Å². The molecule has 0 saturated carbocycles. The van der Waals surface area contributed by atoms with Gasteiger partial charge in [-0.25, -0.2) is 8.42 Å². The van der Waals surface area contributed by atoms with Gasteiger partial charge in [0.25, 0.3) is 0 Å². The highest BCUT2D eigenvalue weighted by atomic mass is 35.5. The van der Waals surface area contributed by atoms with E-state index in [1.807, 2.05) is 0 Å². The molecule has 1 N–H and O–H groups in total. The number of anilines is 1. The largest absolute Gasteiger partial charge is 0.495 e. The topological polar surface area (TPSA) is 96.0 Å². The highest BCUT2D eigenvalue weighted by Crippen LogP contribution is 2.29. The van der Waals surface area contributed by atoms with Gasteiger partial charge in [-0.2, -0.15) is 0 Å². The average molecular weight is 482 g/mol. The first kappa shape index (κ1) is 25.5. The highest BCUT2D eigenvalue weighted by Gasteiger charge is 2.32. The monoisotopic (exact) mass is 481 g/mol. The maximum atomic E-state index is 13.4. The maximum absolute atomic E-state index is 13.4. The number of amides is 2. The standard InChI is InChI=1S/C22H28ClN3O5S/c1-5-18(22(28)24-2)25(14-16-10-12-17(23)13-11-16)21(27)15-26(32(4,29)30)19-8-6-7-9-20(19)31-3/h6-13,18H,5,14-15H2,1-4H3,(H,24,28). The second-order valence-electron chi connectivity index (χ2n) is 7.13. The molecule has 0 radical (unpaired) electrons. The van der Waals surface area contributed by atoms with Gasteiger partial charge in [-0.05, 0) is 36.2 Å². The van der Waals surface area contributed by atoms with E-state index in [1.165, 1.54) is 19.1 Å². The van der Waals surface area contributed by atoms with Crippen LogP contribution in [0.5, 0.6) is 5.75 Å². The van der Waals surface area contributed by atoms with E-state index in [9.17, 15) is 18.0 Å². The van der Waals surface area contributed by atoms with Crippen LogP contribution in [0.3, 0.4) is 0 Å². The summed E-state index contributed by atoms with van der Waals surface area (Å²) < 4.78 is 31.5. The Bertz CT molecular complexity index is 1040. The Balaban J connectivity index is 2.45. The van der Waals surface area contributed by atoms with Crippen LogP contribution >= 0.6 is 11.6 Å². The molecule has 174 valence electrons. The van der Waals surface area contributed by atoms with E-state index in [4.69, 9.17) is 16.3 Å². The number of likely N-dealkylation sites (N-methyl/N-ethyl adjacent to an activating group) is 1. The molecule has 0 aliphatic carbocycles. The van der Waals surface area contributed by atoms with Crippen LogP contribution in [0, 0.1) is 0 Å². The molecule has 1 atom stereocenters. The van der Waals surface area contributed by atoms with Crippen molar-refractivity contribution in [2.45, 2.75) is 25.9 Å². The van der Waals surface area contributed by atoms with Crippen molar-refractivity contribution in [2.75, 3.05) is 31.3 Å². The molecular formula is C22H28ClN3O5S. The number of carbonyl (C=O) groups is 2. The Kier molecular flexibility index (Phi) is 8.91. The smallest absolute Gasteiger partial charge is 0.244 e. The minimum atomic E-state index is -3.83. The van der Waals surface area contributed by atoms with Gasteiger partial charge in [0.15, 0.2) is 0 Å². The van der Waals surface area contributed by atoms with Crippen LogP contribution in [-0.4, -0.2) is 58.1 Å². The number of ether oxygens (including phenoxy) is 1. The van der Waals surface area contributed by atoms with Crippen molar-refractivity contribution in [3.8, 4) is 5.75 Å². The third-order valence-corrected chi connectivity index (χ3v) is 6.31. The zero-order valence-electron chi connectivity index (χ0n) is 18.5. The van der Waals surface area contributed by atoms with Crippen molar-refractivity contribution in [3.63, 3.8) is 0 Å². The summed E-state index contributed by atoms with van der Waals surface area (Å²) >= 11 is 5.96. The minimum absolute atomic E-state index is 0.117. The second kappa shape index (κ2) is 11.2. The average Bonchev–Trinajstić information content (AvgIpc) is 2.77. The van der Waals surface area contributed by atoms with E-state index >= 15 is 0 Å². The fourth-order valence-corrected chi connectivity index (χ4v) is 4.28. The molecule has 0 aromatic heterocycles. The van der Waals surface area contributed by atoms with Crippen molar-refractivity contribution >= 4 is 39.1 Å². The van der Waals surface area contributed by atoms with Gasteiger partial charge in [-0.15, -0.1) is 0 Å². The number of nitrogens with zero attached hydrogens (tertiary/aromatic N) is 2. The molecule has 2 aromatic carbocycles. The van der Waals surface area contributed by atoms with Crippen molar-refractivity contribution in [2.24, 2.45) is 0 Å². The summed E-state index contributed by atoms with van der Waals surface area (Å²) in [6.45, 7) is 1.42. The number of hydrogen-bond donors (Lipinski definition) is 1. The Morgan fingerprint density at radius 2 is 1.75 bits per heavy atom. The van der Waals surface area contributed by atoms with Crippen LogP contribution in [0.2, 0.25) is 5.02 Å². The molecule has 0 bridgehead atoms. The predicted molar refractivity (Wildman–Crippen MR) is 125 cm³/mol. The summed E-state index contributed by atoms with van der Waals surface area (Å²) in [6.07, 6.45) is 1.37. The minimum Gasteiger partial charge on any atom is -0.495 e. The fourth-order valence-electron chi connectivity index (χ4n) is 3.30. The predicted octanol–water partition coefficient (Wildman–Crippen LogP) is 2.67. The molecule has 2 rings (SSSR count). The van der Waals surface area contributed by atoms with E-state index in [0.29, 0.717) is 17.2 Å². The van der Waals surface area contributed by atoms with E-state index in [0.717, 1.165) is 16.1 Å². The number of nitrogens with one attached hydrogen (secondary N) is 1. The van der Waals surface area contributed by atoms with Crippen LogP contribution in [0.15, 0.2) is 48.5 Å². The lowest BCUT2D eigenvalue weighted by Crippen LogP contribution is -2.51. The zero-order chi connectivity index (χ0) is 23.9. The summed E-state index contributed by atoms with van der Waals surface area (Å²) in [4.78, 5) is 27.3. The molecular weight excluding hydrogens is 454 g/mol. The Hall–Kier alpha value is -2.78. The molecule has 32 heavy (non-hydrogen) atoms. The van der Waals surface area contributed by atoms with Crippen LogP contribution in [0.25, 0.3) is 0 Å². The third-order valence-electron chi connectivity index (χ3n) is 4.93. The molecule has 2 amide bonds. The van der Waals surface area contributed by atoms with Gasteiger partial charge in [0.1, 0.15) is 18.3 Å². The van der Waals surface area contributed by atoms with Gasteiger partial charge in [-0.1, -0.05) is 42.8 Å². The second-order valence-corrected chi connectivity index (χ2v) is 9.47. The molecule has 8 nitrogen and oxygen atoms in total. The number of sulfonamides is 1. The molecule has 0 spiro atoms. The number of rotatable bonds is 10.